The molecule has 2 aromatic carbocycles. The second kappa shape index (κ2) is 10.0. The van der Waals surface area contributed by atoms with E-state index in [-0.39, 0.29) is 17.1 Å². The monoisotopic (exact) mass is 438 g/mol. The number of fused-ring (bicyclic) bond motifs is 1. The normalized spacial score (nSPS) is 16.7. The number of nitrogens with zero attached hydrogens (tertiary/aromatic N) is 1. The van der Waals surface area contributed by atoms with E-state index in [1.807, 2.05) is 18.2 Å². The number of nitrogens with two attached hydrogens (primary N) is 1. The molecule has 0 saturated carbocycles. The van der Waals surface area contributed by atoms with Gasteiger partial charge in [0.25, 0.3) is 0 Å². The lowest BCUT2D eigenvalue weighted by Crippen LogP contribution is -2.44. The summed E-state index contributed by atoms with van der Waals surface area (Å²) in [5, 5.41) is 0. The van der Waals surface area contributed by atoms with Gasteiger partial charge >= 0.3 is 0 Å². The second-order valence-electron chi connectivity index (χ2n) is 9.35. The van der Waals surface area contributed by atoms with E-state index < -0.39 is 6.04 Å². The topological polar surface area (TPSA) is 63.4 Å². The van der Waals surface area contributed by atoms with Gasteiger partial charge in [-0.1, -0.05) is 70.9 Å². The molecule has 0 unspecified atom stereocenters. The molecule has 0 fully saturated rings. The molecule has 0 spiro atoms. The molecule has 31 heavy (non-hydrogen) atoms. The Bertz CT molecular complexity index is 931. The van der Waals surface area contributed by atoms with E-state index in [0.29, 0.717) is 24.3 Å². The molecule has 2 N–H and O–H groups in total. The number of ketones is 1. The van der Waals surface area contributed by atoms with Gasteiger partial charge in [0.2, 0.25) is 5.91 Å². The number of anilines is 1. The molecule has 1 aliphatic rings. The zero-order chi connectivity index (χ0) is 22.6. The van der Waals surface area contributed by atoms with Crippen molar-refractivity contribution in [3.63, 3.8) is 0 Å². The summed E-state index contributed by atoms with van der Waals surface area (Å²) in [5.41, 5.74) is 10.0. The molecule has 1 atom stereocenters. The predicted octanol–water partition coefficient (Wildman–Crippen LogP) is 5.71. The fourth-order valence-corrected chi connectivity index (χ4v) is 4.71. The van der Waals surface area contributed by atoms with Gasteiger partial charge in [0.05, 0.1) is 18.3 Å². The Labute approximate surface area is 190 Å². The highest BCUT2D eigenvalue weighted by molar-refractivity contribution is 7.99. The van der Waals surface area contributed by atoms with E-state index in [9.17, 15) is 9.59 Å². The van der Waals surface area contributed by atoms with Crippen molar-refractivity contribution in [2.24, 2.45) is 5.73 Å². The van der Waals surface area contributed by atoms with Crippen LogP contribution in [-0.4, -0.2) is 23.5 Å². The van der Waals surface area contributed by atoms with Gasteiger partial charge in [0, 0.05) is 22.6 Å². The van der Waals surface area contributed by atoms with Gasteiger partial charge in [0.1, 0.15) is 0 Å². The molecular weight excluding hydrogens is 404 g/mol. The molecule has 1 heterocycles. The highest BCUT2D eigenvalue weighted by Gasteiger charge is 2.29. The van der Waals surface area contributed by atoms with Crippen molar-refractivity contribution in [1.29, 1.82) is 0 Å². The van der Waals surface area contributed by atoms with Crippen LogP contribution < -0.4 is 10.6 Å². The summed E-state index contributed by atoms with van der Waals surface area (Å²) in [6, 6.07) is 13.6. The molecular formula is C26H34N2O2S. The zero-order valence-corrected chi connectivity index (χ0v) is 19.9. The molecule has 0 aliphatic carbocycles. The zero-order valence-electron chi connectivity index (χ0n) is 19.1. The van der Waals surface area contributed by atoms with Crippen molar-refractivity contribution in [2.75, 3.05) is 10.7 Å². The van der Waals surface area contributed by atoms with Crippen LogP contribution in [0.25, 0.3) is 0 Å². The largest absolute Gasteiger partial charge is 0.319 e. The first-order valence-electron chi connectivity index (χ1n) is 11.2. The van der Waals surface area contributed by atoms with Crippen LogP contribution in [-0.2, 0) is 16.8 Å². The summed E-state index contributed by atoms with van der Waals surface area (Å²) in [7, 11) is 0. The number of hydrogen-bond acceptors (Lipinski definition) is 4. The third-order valence-corrected chi connectivity index (χ3v) is 6.92. The summed E-state index contributed by atoms with van der Waals surface area (Å²) in [6.45, 7) is 9.13. The van der Waals surface area contributed by atoms with E-state index >= 15 is 0 Å². The first kappa shape index (κ1) is 23.6. The van der Waals surface area contributed by atoms with Gasteiger partial charge < -0.3 is 10.6 Å². The minimum Gasteiger partial charge on any atom is -0.319 e. The van der Waals surface area contributed by atoms with Gasteiger partial charge in [-0.15, -0.1) is 11.8 Å². The van der Waals surface area contributed by atoms with Gasteiger partial charge in [-0.25, -0.2) is 0 Å². The lowest BCUT2D eigenvalue weighted by molar-refractivity contribution is -0.119. The quantitative estimate of drug-likeness (QED) is 0.444. The van der Waals surface area contributed by atoms with Crippen LogP contribution in [0.15, 0.2) is 47.4 Å². The maximum absolute atomic E-state index is 13.1. The Kier molecular flexibility index (Phi) is 7.60. The third-order valence-electron chi connectivity index (χ3n) is 5.74. The maximum Gasteiger partial charge on any atom is 0.245 e. The predicted molar refractivity (Wildman–Crippen MR) is 130 cm³/mol. The summed E-state index contributed by atoms with van der Waals surface area (Å²) in [4.78, 5) is 28.6. The number of benzene rings is 2. The number of carbonyl (C=O) groups excluding carboxylic acids is 2. The van der Waals surface area contributed by atoms with Gasteiger partial charge in [-0.2, -0.15) is 0 Å². The average molecular weight is 439 g/mol. The first-order valence-corrected chi connectivity index (χ1v) is 12.2. The molecule has 2 aromatic rings. The van der Waals surface area contributed by atoms with E-state index in [0.717, 1.165) is 35.4 Å². The first-order chi connectivity index (χ1) is 14.7. The number of hydrogen-bond donors (Lipinski definition) is 1. The Hall–Kier alpha value is -2.11. The summed E-state index contributed by atoms with van der Waals surface area (Å²) < 4.78 is 0. The van der Waals surface area contributed by atoms with E-state index in [4.69, 9.17) is 5.73 Å². The number of Topliss-reactive ketones (excluding diaryl/α,β-unsaturated/α-hetero) is 1. The van der Waals surface area contributed by atoms with E-state index in [1.165, 1.54) is 5.56 Å². The molecule has 5 heteroatoms. The molecule has 3 rings (SSSR count). The van der Waals surface area contributed by atoms with E-state index in [1.54, 1.807) is 16.7 Å². The molecule has 0 radical (unpaired) electrons. The van der Waals surface area contributed by atoms with Gasteiger partial charge in [-0.3, -0.25) is 9.59 Å². The summed E-state index contributed by atoms with van der Waals surface area (Å²) >= 11 is 1.58. The molecule has 1 amide bonds. The lowest BCUT2D eigenvalue weighted by Gasteiger charge is -2.25. The van der Waals surface area contributed by atoms with Crippen LogP contribution in [0.3, 0.4) is 0 Å². The fraction of sp³-hybridized carbons (Fsp3) is 0.462. The van der Waals surface area contributed by atoms with Crippen LogP contribution in [0.2, 0.25) is 0 Å². The van der Waals surface area contributed by atoms with Crippen molar-refractivity contribution >= 4 is 29.1 Å². The maximum atomic E-state index is 13.1. The molecule has 166 valence electrons. The highest BCUT2D eigenvalue weighted by atomic mass is 32.2. The number of rotatable bonds is 7. The average Bonchev–Trinajstić information content (AvgIpc) is 2.85. The fourth-order valence-electron chi connectivity index (χ4n) is 3.73. The second-order valence-corrected chi connectivity index (χ2v) is 10.4. The molecule has 4 nitrogen and oxygen atoms in total. The lowest BCUT2D eigenvalue weighted by atomic mass is 9.87. The van der Waals surface area contributed by atoms with E-state index in [2.05, 4.69) is 52.0 Å². The van der Waals surface area contributed by atoms with Crippen LogP contribution >= 0.6 is 11.8 Å². The summed E-state index contributed by atoms with van der Waals surface area (Å²) in [5.74, 6) is 0.577. The molecule has 0 bridgehead atoms. The van der Waals surface area contributed by atoms with Crippen LogP contribution in [0, 0.1) is 0 Å². The van der Waals surface area contributed by atoms with Crippen LogP contribution in [0.4, 0.5) is 5.69 Å². The highest BCUT2D eigenvalue weighted by Crippen LogP contribution is 2.36. The van der Waals surface area contributed by atoms with Crippen LogP contribution in [0.5, 0.6) is 0 Å². The van der Waals surface area contributed by atoms with Gasteiger partial charge in [0.15, 0.2) is 5.78 Å². The minimum absolute atomic E-state index is 0.0790. The standard InChI is InChI=1S/C26H34N2O2S/c1-5-6-7-8-23(29)19-11-14-24-22(15-19)28(25(30)21(27)17-31-24)16-18-9-12-20(13-10-18)26(2,3)4/h9-15,21H,5-8,16-17,27H2,1-4H3/t21-/m0/s1. The summed E-state index contributed by atoms with van der Waals surface area (Å²) in [6.07, 6.45) is 3.58. The Morgan fingerprint density at radius 2 is 1.84 bits per heavy atom. The number of amides is 1. The van der Waals surface area contributed by atoms with Gasteiger partial charge in [-0.05, 0) is 35.1 Å². The molecule has 1 aliphatic heterocycles. The SMILES string of the molecule is CCCCCC(=O)c1ccc2c(c1)N(Cc1ccc(C(C)(C)C)cc1)C(=O)[C@@H](N)CS2. The van der Waals surface area contributed by atoms with Crippen molar-refractivity contribution in [3.8, 4) is 0 Å². The van der Waals surface area contributed by atoms with Crippen molar-refractivity contribution in [2.45, 2.75) is 76.3 Å². The number of unbranched alkanes of at least 4 members (excludes halogenated alkanes) is 2. The number of thioether (sulfide) groups is 1. The third kappa shape index (κ3) is 5.78. The minimum atomic E-state index is -0.560. The Morgan fingerprint density at radius 3 is 2.48 bits per heavy atom. The van der Waals surface area contributed by atoms with Crippen molar-refractivity contribution < 1.29 is 9.59 Å². The van der Waals surface area contributed by atoms with Crippen molar-refractivity contribution in [3.05, 3.63) is 59.2 Å². The Morgan fingerprint density at radius 1 is 1.13 bits per heavy atom. The smallest absolute Gasteiger partial charge is 0.245 e. The Balaban J connectivity index is 1.91. The number of carbonyl (C=O) groups is 2. The molecule has 0 saturated heterocycles. The molecule has 0 aromatic heterocycles. The van der Waals surface area contributed by atoms with Crippen molar-refractivity contribution in [1.82, 2.24) is 0 Å². The van der Waals surface area contributed by atoms with Crippen LogP contribution in [0.1, 0.15) is 74.9 Å².